The van der Waals surface area contributed by atoms with Crippen molar-refractivity contribution in [3.05, 3.63) is 65.3 Å². The summed E-state index contributed by atoms with van der Waals surface area (Å²) in [6, 6.07) is 7.10. The van der Waals surface area contributed by atoms with Crippen LogP contribution in [0.15, 0.2) is 53.8 Å². The largest absolute Gasteiger partial charge is 0.481 e. The molecule has 1 aliphatic carbocycles. The minimum Gasteiger partial charge on any atom is -0.481 e. The molecule has 1 saturated carbocycles. The third-order valence-electron chi connectivity index (χ3n) is 6.64. The number of aromatic nitrogens is 4. The molecule has 0 bridgehead atoms. The number of nitrogens with one attached hydrogen (secondary N) is 1. The zero-order valence-corrected chi connectivity index (χ0v) is 21.6. The highest BCUT2D eigenvalue weighted by molar-refractivity contribution is 7.90. The maximum absolute atomic E-state index is 14.7. The number of rotatable bonds is 6. The van der Waals surface area contributed by atoms with E-state index >= 15 is 0 Å². The van der Waals surface area contributed by atoms with E-state index in [2.05, 4.69) is 20.3 Å². The lowest BCUT2D eigenvalue weighted by molar-refractivity contribution is -0.147. The Balaban J connectivity index is 1.58. The highest BCUT2D eigenvalue weighted by Crippen LogP contribution is 2.33. The summed E-state index contributed by atoms with van der Waals surface area (Å²) in [7, 11) is -4.07. The zero-order valence-electron chi connectivity index (χ0n) is 20.0. The van der Waals surface area contributed by atoms with Gasteiger partial charge in [0.25, 0.3) is 10.0 Å². The number of hydrogen-bond donors (Lipinski definition) is 3. The molecule has 3 atom stereocenters. The first-order chi connectivity index (χ1) is 18.1. The number of aliphatic hydroxyl groups excluding tert-OH is 1. The Morgan fingerprint density at radius 3 is 2.63 bits per heavy atom. The molecule has 0 spiro atoms. The summed E-state index contributed by atoms with van der Waals surface area (Å²) in [5.41, 5.74) is 1.21. The predicted octanol–water partition coefficient (Wildman–Crippen LogP) is 3.86. The van der Waals surface area contributed by atoms with E-state index in [9.17, 15) is 27.8 Å². The van der Waals surface area contributed by atoms with E-state index in [0.717, 1.165) is 15.7 Å². The molecular weight excluding hydrogens is 537 g/mol. The first-order valence-corrected chi connectivity index (χ1v) is 13.6. The molecule has 10 nitrogen and oxygen atoms in total. The van der Waals surface area contributed by atoms with Gasteiger partial charge in [-0.2, -0.15) is 0 Å². The van der Waals surface area contributed by atoms with Gasteiger partial charge in [0.05, 0.1) is 34.2 Å². The van der Waals surface area contributed by atoms with Gasteiger partial charge >= 0.3 is 5.97 Å². The van der Waals surface area contributed by atoms with E-state index in [0.29, 0.717) is 24.6 Å². The second-order valence-electron chi connectivity index (χ2n) is 9.19. The van der Waals surface area contributed by atoms with E-state index in [1.165, 1.54) is 30.6 Å². The van der Waals surface area contributed by atoms with Crippen LogP contribution < -0.4 is 5.32 Å². The minimum atomic E-state index is -4.07. The first-order valence-electron chi connectivity index (χ1n) is 11.8. The van der Waals surface area contributed by atoms with Crippen molar-refractivity contribution >= 4 is 44.4 Å². The number of anilines is 1. The van der Waals surface area contributed by atoms with Gasteiger partial charge in [-0.25, -0.2) is 31.7 Å². The zero-order chi connectivity index (χ0) is 27.2. The second kappa shape index (κ2) is 9.93. The van der Waals surface area contributed by atoms with E-state index in [1.807, 2.05) is 6.92 Å². The van der Waals surface area contributed by atoms with Crippen LogP contribution in [0, 0.1) is 18.7 Å². The molecule has 198 valence electrons. The van der Waals surface area contributed by atoms with Crippen molar-refractivity contribution in [3.8, 4) is 11.4 Å². The number of pyridine rings is 1. The van der Waals surface area contributed by atoms with Crippen LogP contribution in [0.4, 0.5) is 10.2 Å². The summed E-state index contributed by atoms with van der Waals surface area (Å²) in [6.45, 7) is 1.84. The minimum absolute atomic E-state index is 0.0130. The number of nitrogens with zero attached hydrogens (tertiary/aromatic N) is 4. The molecule has 1 aromatic carbocycles. The average molecular weight is 560 g/mol. The van der Waals surface area contributed by atoms with Gasteiger partial charge in [0.2, 0.25) is 0 Å². The molecule has 0 amide bonds. The average Bonchev–Trinajstić information content (AvgIpc) is 3.26. The fourth-order valence-electron chi connectivity index (χ4n) is 4.62. The summed E-state index contributed by atoms with van der Waals surface area (Å²) < 4.78 is 42.7. The van der Waals surface area contributed by atoms with Gasteiger partial charge in [-0.15, -0.1) is 0 Å². The number of carboxylic acid groups (broad SMARTS) is 1. The maximum atomic E-state index is 14.7. The van der Waals surface area contributed by atoms with Crippen LogP contribution in [-0.4, -0.2) is 55.7 Å². The van der Waals surface area contributed by atoms with Crippen molar-refractivity contribution in [2.45, 2.75) is 43.2 Å². The Kier molecular flexibility index (Phi) is 6.80. The monoisotopic (exact) mass is 559 g/mol. The topological polar surface area (TPSA) is 147 Å². The van der Waals surface area contributed by atoms with Gasteiger partial charge < -0.3 is 15.5 Å². The molecule has 0 aliphatic heterocycles. The normalized spacial score (nSPS) is 19.9. The molecule has 0 radical (unpaired) electrons. The fourth-order valence-corrected chi connectivity index (χ4v) is 6.10. The summed E-state index contributed by atoms with van der Waals surface area (Å²) in [6.07, 6.45) is 3.55. The molecule has 38 heavy (non-hydrogen) atoms. The van der Waals surface area contributed by atoms with Crippen molar-refractivity contribution in [3.63, 3.8) is 0 Å². The van der Waals surface area contributed by atoms with Crippen molar-refractivity contribution in [2.24, 2.45) is 5.92 Å². The Hall–Kier alpha value is -3.61. The van der Waals surface area contributed by atoms with Crippen LogP contribution in [0.5, 0.6) is 0 Å². The van der Waals surface area contributed by atoms with Gasteiger partial charge in [-0.1, -0.05) is 35.7 Å². The number of halogens is 2. The van der Waals surface area contributed by atoms with Crippen LogP contribution >= 0.6 is 11.6 Å². The third-order valence-corrected chi connectivity index (χ3v) is 8.51. The predicted molar refractivity (Wildman–Crippen MR) is 138 cm³/mol. The lowest BCUT2D eigenvalue weighted by Crippen LogP contribution is -2.45. The molecule has 1 fully saturated rings. The second-order valence-corrected chi connectivity index (χ2v) is 11.4. The lowest BCUT2D eigenvalue weighted by Gasteiger charge is -2.33. The van der Waals surface area contributed by atoms with Crippen LogP contribution in [-0.2, 0) is 14.8 Å². The molecule has 13 heteroatoms. The highest BCUT2D eigenvalue weighted by Gasteiger charge is 2.37. The molecule has 3 N–H and O–H groups in total. The first kappa shape index (κ1) is 26.0. The number of carbonyl (C=O) groups is 1. The van der Waals surface area contributed by atoms with Gasteiger partial charge in [0.15, 0.2) is 23.1 Å². The van der Waals surface area contributed by atoms with Crippen LogP contribution in [0.2, 0.25) is 5.02 Å². The molecule has 4 aromatic rings. The molecular formula is C25H23ClFN5O5S. The number of aliphatic hydroxyl groups is 1. The summed E-state index contributed by atoms with van der Waals surface area (Å²) in [5.74, 6) is -3.18. The molecule has 3 aromatic heterocycles. The van der Waals surface area contributed by atoms with E-state index in [1.54, 1.807) is 12.1 Å². The lowest BCUT2D eigenvalue weighted by atomic mass is 9.83. The Bertz CT molecular complexity index is 1640. The van der Waals surface area contributed by atoms with E-state index in [4.69, 9.17) is 11.6 Å². The van der Waals surface area contributed by atoms with Crippen LogP contribution in [0.3, 0.4) is 0 Å². The van der Waals surface area contributed by atoms with Gasteiger partial charge in [-0.05, 0) is 38.0 Å². The van der Waals surface area contributed by atoms with Gasteiger partial charge in [0.1, 0.15) is 0 Å². The van der Waals surface area contributed by atoms with Crippen LogP contribution in [0.25, 0.3) is 22.4 Å². The SMILES string of the molecule is Cc1ccc(S(=O)(=O)n2cc(-c3ncc(F)c(NC4CCCC(C(=O)O)C4O)n3)c3cc(Cl)cnc32)cc1. The van der Waals surface area contributed by atoms with Gasteiger partial charge in [-0.3, -0.25) is 4.79 Å². The maximum Gasteiger partial charge on any atom is 0.309 e. The number of aryl methyl sites for hydroxylation is 1. The third kappa shape index (κ3) is 4.70. The Labute approximate surface area is 222 Å². The molecule has 5 rings (SSSR count). The smallest absolute Gasteiger partial charge is 0.309 e. The summed E-state index contributed by atoms with van der Waals surface area (Å²) in [4.78, 5) is 24.1. The number of fused-ring (bicyclic) bond motifs is 1. The van der Waals surface area contributed by atoms with Crippen molar-refractivity contribution in [1.82, 2.24) is 18.9 Å². The Morgan fingerprint density at radius 1 is 1.18 bits per heavy atom. The Morgan fingerprint density at radius 2 is 1.92 bits per heavy atom. The van der Waals surface area contributed by atoms with Crippen molar-refractivity contribution in [1.29, 1.82) is 0 Å². The quantitative estimate of drug-likeness (QED) is 0.320. The number of carboxylic acids is 1. The number of benzene rings is 1. The highest BCUT2D eigenvalue weighted by atomic mass is 35.5. The van der Waals surface area contributed by atoms with Crippen LogP contribution in [0.1, 0.15) is 24.8 Å². The standard InChI is InChI=1S/C25H23ClFN5O5S/c1-13-5-7-15(8-6-13)38(36,37)32-12-18(17-9-14(26)10-29-24(17)32)22-28-11-19(27)23(31-22)30-20-4-2-3-16(21(20)33)25(34)35/h5-12,16,20-21,33H,2-4H2,1H3,(H,34,35)(H,28,30,31). The molecule has 1 aliphatic rings. The molecule has 3 heterocycles. The molecule has 3 unspecified atom stereocenters. The summed E-state index contributed by atoms with van der Waals surface area (Å²) >= 11 is 6.17. The molecule has 0 saturated heterocycles. The summed E-state index contributed by atoms with van der Waals surface area (Å²) in [5, 5.41) is 23.3. The number of aliphatic carboxylic acids is 1. The van der Waals surface area contributed by atoms with Gasteiger partial charge in [0, 0.05) is 23.3 Å². The van der Waals surface area contributed by atoms with Crippen molar-refractivity contribution in [2.75, 3.05) is 5.32 Å². The van der Waals surface area contributed by atoms with Crippen molar-refractivity contribution < 1.29 is 27.8 Å². The number of hydrogen-bond acceptors (Lipinski definition) is 8. The fraction of sp³-hybridized carbons (Fsp3) is 0.280. The van der Waals surface area contributed by atoms with E-state index < -0.39 is 39.9 Å². The van der Waals surface area contributed by atoms with E-state index in [-0.39, 0.29) is 32.8 Å².